The molecule has 0 aromatic rings. The van der Waals surface area contributed by atoms with Gasteiger partial charge in [0.1, 0.15) is 6.04 Å². The largest absolute Gasteiger partial charge is 0.394 e. The van der Waals surface area contributed by atoms with E-state index in [-0.39, 0.29) is 24.0 Å². The summed E-state index contributed by atoms with van der Waals surface area (Å²) in [4.78, 5) is 16.2. The molecule has 0 aromatic carbocycles. The average molecular weight is 242 g/mol. The van der Waals surface area contributed by atoms with E-state index >= 15 is 0 Å². The number of nitrogens with zero attached hydrogens (tertiary/aromatic N) is 2. The summed E-state index contributed by atoms with van der Waals surface area (Å²) in [6.07, 6.45) is 0. The molecule has 0 spiro atoms. The summed E-state index contributed by atoms with van der Waals surface area (Å²) < 4.78 is 0. The lowest BCUT2D eigenvalue weighted by Gasteiger charge is -2.30. The van der Waals surface area contributed by atoms with E-state index in [0.29, 0.717) is 5.92 Å². The number of carbonyl (C=O) groups excluding carboxylic acids is 1. The molecule has 0 saturated carbocycles. The molecule has 4 heteroatoms. The van der Waals surface area contributed by atoms with Crippen LogP contribution >= 0.6 is 0 Å². The molecule has 1 fully saturated rings. The van der Waals surface area contributed by atoms with E-state index < -0.39 is 0 Å². The van der Waals surface area contributed by atoms with Gasteiger partial charge >= 0.3 is 0 Å². The van der Waals surface area contributed by atoms with Crippen molar-refractivity contribution in [1.82, 2.24) is 9.80 Å². The van der Waals surface area contributed by atoms with Gasteiger partial charge in [-0.25, -0.2) is 0 Å². The Balaban J connectivity index is 2.91. The predicted octanol–water partition coefficient (Wildman–Crippen LogP) is 0.804. The van der Waals surface area contributed by atoms with Crippen molar-refractivity contribution in [3.05, 3.63) is 0 Å². The third-order valence-corrected chi connectivity index (χ3v) is 3.18. The summed E-state index contributed by atoms with van der Waals surface area (Å²) in [7, 11) is 1.92. The van der Waals surface area contributed by atoms with E-state index in [0.717, 1.165) is 19.6 Å². The lowest BCUT2D eigenvalue weighted by molar-refractivity contribution is -0.137. The summed E-state index contributed by atoms with van der Waals surface area (Å²) in [5.41, 5.74) is 0.0726. The second-order valence-corrected chi connectivity index (χ2v) is 6.39. The van der Waals surface area contributed by atoms with Crippen molar-refractivity contribution in [3.63, 3.8) is 0 Å². The Morgan fingerprint density at radius 2 is 2.00 bits per heavy atom. The molecule has 17 heavy (non-hydrogen) atoms. The third kappa shape index (κ3) is 3.68. The highest BCUT2D eigenvalue weighted by Gasteiger charge is 2.37. The molecule has 1 amide bonds. The fourth-order valence-corrected chi connectivity index (χ4v) is 2.64. The first kappa shape index (κ1) is 14.5. The summed E-state index contributed by atoms with van der Waals surface area (Å²) >= 11 is 0. The summed E-state index contributed by atoms with van der Waals surface area (Å²) in [6, 6.07) is -0.379. The minimum absolute atomic E-state index is 0.0641. The molecule has 1 rings (SSSR count). The maximum absolute atomic E-state index is 12.3. The number of aliphatic hydroxyl groups is 1. The molecular weight excluding hydrogens is 216 g/mol. The first-order valence-corrected chi connectivity index (χ1v) is 6.37. The number of carbonyl (C=O) groups is 1. The Kier molecular flexibility index (Phi) is 4.55. The molecule has 1 saturated heterocycles. The zero-order valence-electron chi connectivity index (χ0n) is 11.7. The van der Waals surface area contributed by atoms with E-state index in [2.05, 4.69) is 27.7 Å². The van der Waals surface area contributed by atoms with Crippen LogP contribution in [0.15, 0.2) is 0 Å². The molecule has 1 N–H and O–H groups in total. The molecule has 1 aliphatic rings. The van der Waals surface area contributed by atoms with Crippen molar-refractivity contribution in [2.75, 3.05) is 33.3 Å². The van der Waals surface area contributed by atoms with Crippen LogP contribution in [0.2, 0.25) is 0 Å². The van der Waals surface area contributed by atoms with Gasteiger partial charge in [-0.1, -0.05) is 27.7 Å². The van der Waals surface area contributed by atoms with Crippen molar-refractivity contribution in [2.45, 2.75) is 33.7 Å². The van der Waals surface area contributed by atoms with Gasteiger partial charge in [0.2, 0.25) is 5.91 Å². The number of rotatable bonds is 3. The lowest BCUT2D eigenvalue weighted by atomic mass is 9.92. The number of hydrogen-bond donors (Lipinski definition) is 1. The zero-order valence-corrected chi connectivity index (χ0v) is 11.7. The van der Waals surface area contributed by atoms with Crippen molar-refractivity contribution in [1.29, 1.82) is 0 Å². The zero-order chi connectivity index (χ0) is 13.2. The molecule has 0 aliphatic carbocycles. The molecule has 1 unspecified atom stereocenters. The highest BCUT2D eigenvalue weighted by Crippen LogP contribution is 2.24. The number of hydrogen-bond acceptors (Lipinski definition) is 3. The van der Waals surface area contributed by atoms with Crippen LogP contribution in [0.1, 0.15) is 27.7 Å². The van der Waals surface area contributed by atoms with Gasteiger partial charge < -0.3 is 10.0 Å². The first-order chi connectivity index (χ1) is 7.76. The van der Waals surface area contributed by atoms with Crippen LogP contribution in [0.25, 0.3) is 0 Å². The fraction of sp³-hybridized carbons (Fsp3) is 0.923. The molecular formula is C13H26N2O2. The predicted molar refractivity (Wildman–Crippen MR) is 68.7 cm³/mol. The van der Waals surface area contributed by atoms with E-state index in [9.17, 15) is 9.90 Å². The Labute approximate surface area is 105 Å². The minimum Gasteiger partial charge on any atom is -0.394 e. The Morgan fingerprint density at radius 3 is 2.47 bits per heavy atom. The molecule has 1 aliphatic heterocycles. The number of likely N-dealkylation sites (N-methyl/N-ethyl adjacent to an activating group) is 1. The molecule has 0 bridgehead atoms. The molecule has 100 valence electrons. The highest BCUT2D eigenvalue weighted by molar-refractivity contribution is 5.82. The number of amides is 1. The summed E-state index contributed by atoms with van der Waals surface area (Å²) in [5, 5.41) is 9.39. The van der Waals surface area contributed by atoms with Crippen LogP contribution in [-0.2, 0) is 4.79 Å². The smallest absolute Gasteiger partial charge is 0.242 e. The monoisotopic (exact) mass is 242 g/mol. The molecule has 1 heterocycles. The SMILES string of the molecule is CC(C)CN1CC(C)(C)CN(C)C(CO)C1=O. The van der Waals surface area contributed by atoms with Crippen LogP contribution < -0.4 is 0 Å². The second-order valence-electron chi connectivity index (χ2n) is 6.39. The van der Waals surface area contributed by atoms with Gasteiger partial charge in [0.05, 0.1) is 6.61 Å². The molecule has 4 nitrogen and oxygen atoms in total. The maximum Gasteiger partial charge on any atom is 0.242 e. The number of aliphatic hydroxyl groups excluding tert-OH is 1. The topological polar surface area (TPSA) is 43.8 Å². The highest BCUT2D eigenvalue weighted by atomic mass is 16.3. The quantitative estimate of drug-likeness (QED) is 0.796. The second kappa shape index (κ2) is 5.36. The molecule has 0 aromatic heterocycles. The summed E-state index contributed by atoms with van der Waals surface area (Å²) in [6.45, 7) is 10.8. The van der Waals surface area contributed by atoms with Crippen molar-refractivity contribution >= 4 is 5.91 Å². The van der Waals surface area contributed by atoms with Crippen LogP contribution in [0.3, 0.4) is 0 Å². The van der Waals surface area contributed by atoms with Crippen LogP contribution in [0.5, 0.6) is 0 Å². The molecule has 1 atom stereocenters. The van der Waals surface area contributed by atoms with E-state index in [1.807, 2.05) is 16.8 Å². The minimum atomic E-state index is -0.379. The third-order valence-electron chi connectivity index (χ3n) is 3.18. The van der Waals surface area contributed by atoms with Gasteiger partial charge in [-0.3, -0.25) is 9.69 Å². The first-order valence-electron chi connectivity index (χ1n) is 6.37. The normalized spacial score (nSPS) is 26.4. The average Bonchev–Trinajstić information content (AvgIpc) is 2.21. The summed E-state index contributed by atoms with van der Waals surface area (Å²) in [5.74, 6) is 0.520. The maximum atomic E-state index is 12.3. The van der Waals surface area contributed by atoms with Gasteiger partial charge in [0.25, 0.3) is 0 Å². The van der Waals surface area contributed by atoms with E-state index in [1.165, 1.54) is 0 Å². The van der Waals surface area contributed by atoms with E-state index in [1.54, 1.807) is 0 Å². The molecule has 0 radical (unpaired) electrons. The van der Waals surface area contributed by atoms with Crippen LogP contribution in [-0.4, -0.2) is 60.1 Å². The van der Waals surface area contributed by atoms with Gasteiger partial charge in [-0.05, 0) is 18.4 Å². The van der Waals surface area contributed by atoms with Crippen molar-refractivity contribution < 1.29 is 9.90 Å². The lowest BCUT2D eigenvalue weighted by Crippen LogP contribution is -2.47. The standard InChI is InChI=1S/C13H26N2O2/c1-10(2)6-15-9-13(3,4)8-14(5)11(7-16)12(15)17/h10-11,16H,6-9H2,1-5H3. The van der Waals surface area contributed by atoms with Crippen LogP contribution in [0, 0.1) is 11.3 Å². The van der Waals surface area contributed by atoms with E-state index in [4.69, 9.17) is 0 Å². The fourth-order valence-electron chi connectivity index (χ4n) is 2.64. The van der Waals surface area contributed by atoms with Gasteiger partial charge in [-0.15, -0.1) is 0 Å². The van der Waals surface area contributed by atoms with Gasteiger partial charge in [-0.2, -0.15) is 0 Å². The Morgan fingerprint density at radius 1 is 1.41 bits per heavy atom. The Hall–Kier alpha value is -0.610. The van der Waals surface area contributed by atoms with Crippen molar-refractivity contribution in [2.24, 2.45) is 11.3 Å². The Bertz CT molecular complexity index is 277. The van der Waals surface area contributed by atoms with Crippen molar-refractivity contribution in [3.8, 4) is 0 Å². The van der Waals surface area contributed by atoms with Crippen LogP contribution in [0.4, 0.5) is 0 Å². The van der Waals surface area contributed by atoms with Gasteiger partial charge in [0, 0.05) is 19.6 Å². The van der Waals surface area contributed by atoms with Gasteiger partial charge in [0.15, 0.2) is 0 Å².